The van der Waals surface area contributed by atoms with E-state index in [4.69, 9.17) is 0 Å². The van der Waals surface area contributed by atoms with E-state index in [9.17, 15) is 4.79 Å². The summed E-state index contributed by atoms with van der Waals surface area (Å²) in [6.07, 6.45) is 10.9. The molecule has 32 heavy (non-hydrogen) atoms. The normalized spacial score (nSPS) is 19.2. The summed E-state index contributed by atoms with van der Waals surface area (Å²) in [5.74, 6) is 0.916. The molecule has 3 aromatic rings. The van der Waals surface area contributed by atoms with Crippen molar-refractivity contribution in [2.24, 2.45) is 5.41 Å². The summed E-state index contributed by atoms with van der Waals surface area (Å²) in [6, 6.07) is 10.2. The minimum Gasteiger partial charge on any atom is -0.368 e. The minimum absolute atomic E-state index is 0.0533. The topological polar surface area (TPSA) is 75.9 Å². The molecule has 0 bridgehead atoms. The Balaban J connectivity index is 1.39. The molecule has 5 rings (SSSR count). The van der Waals surface area contributed by atoms with E-state index in [0.29, 0.717) is 17.5 Å². The van der Waals surface area contributed by atoms with Gasteiger partial charge < -0.3 is 10.2 Å². The summed E-state index contributed by atoms with van der Waals surface area (Å²) in [6.45, 7) is 5.63. The van der Waals surface area contributed by atoms with Gasteiger partial charge >= 0.3 is 0 Å². The van der Waals surface area contributed by atoms with Crippen LogP contribution in [0.2, 0.25) is 0 Å². The lowest BCUT2D eigenvalue weighted by Crippen LogP contribution is -2.50. The van der Waals surface area contributed by atoms with Crippen molar-refractivity contribution in [1.82, 2.24) is 24.9 Å². The van der Waals surface area contributed by atoms with Gasteiger partial charge in [-0.3, -0.25) is 4.79 Å². The number of carbonyl (C=O) groups is 1. The van der Waals surface area contributed by atoms with Gasteiger partial charge in [0.15, 0.2) is 0 Å². The van der Waals surface area contributed by atoms with Crippen LogP contribution in [-0.4, -0.2) is 49.9 Å². The van der Waals surface area contributed by atoms with Gasteiger partial charge in [-0.1, -0.05) is 24.6 Å². The van der Waals surface area contributed by atoms with Crippen molar-refractivity contribution >= 4 is 11.7 Å². The molecule has 2 fully saturated rings. The fourth-order valence-corrected chi connectivity index (χ4v) is 4.78. The Labute approximate surface area is 188 Å². The maximum absolute atomic E-state index is 13.8. The van der Waals surface area contributed by atoms with Gasteiger partial charge in [-0.2, -0.15) is 15.0 Å². The Morgan fingerprint density at radius 1 is 1.16 bits per heavy atom. The second-order valence-electron chi connectivity index (χ2n) is 9.23. The van der Waals surface area contributed by atoms with Gasteiger partial charge in [0, 0.05) is 25.3 Å². The summed E-state index contributed by atoms with van der Waals surface area (Å²) >= 11 is 0. The van der Waals surface area contributed by atoms with Crippen LogP contribution in [0.25, 0.3) is 5.69 Å². The summed E-state index contributed by atoms with van der Waals surface area (Å²) < 4.78 is 0. The van der Waals surface area contributed by atoms with Crippen LogP contribution in [0.4, 0.5) is 5.82 Å². The lowest BCUT2D eigenvalue weighted by molar-refractivity contribution is 0.0545. The third kappa shape index (κ3) is 4.11. The Bertz CT molecular complexity index is 1090. The zero-order chi connectivity index (χ0) is 22.1. The van der Waals surface area contributed by atoms with E-state index in [0.717, 1.165) is 42.9 Å². The summed E-state index contributed by atoms with van der Waals surface area (Å²) in [5, 5.41) is 12.0. The van der Waals surface area contributed by atoms with Crippen molar-refractivity contribution in [1.29, 1.82) is 0 Å². The molecular formula is C25H30N6O. The Morgan fingerprint density at radius 2 is 1.97 bits per heavy atom. The van der Waals surface area contributed by atoms with Crippen LogP contribution in [0.3, 0.4) is 0 Å². The van der Waals surface area contributed by atoms with Crippen molar-refractivity contribution in [3.63, 3.8) is 0 Å². The van der Waals surface area contributed by atoms with Crippen LogP contribution < -0.4 is 5.32 Å². The number of hydrogen-bond donors (Lipinski definition) is 1. The molecule has 1 aliphatic heterocycles. The molecule has 1 N–H and O–H groups in total. The number of rotatable bonds is 6. The van der Waals surface area contributed by atoms with Gasteiger partial charge in [0.1, 0.15) is 5.82 Å². The fourth-order valence-electron chi connectivity index (χ4n) is 4.78. The van der Waals surface area contributed by atoms with Crippen LogP contribution in [0.15, 0.2) is 48.9 Å². The highest BCUT2D eigenvalue weighted by atomic mass is 16.2. The van der Waals surface area contributed by atoms with Gasteiger partial charge in [0.05, 0.1) is 23.6 Å². The van der Waals surface area contributed by atoms with Gasteiger partial charge in [-0.15, -0.1) is 0 Å². The highest BCUT2D eigenvalue weighted by Crippen LogP contribution is 2.55. The van der Waals surface area contributed by atoms with E-state index in [1.165, 1.54) is 23.2 Å². The number of anilines is 1. The van der Waals surface area contributed by atoms with Crippen LogP contribution in [0, 0.1) is 12.3 Å². The van der Waals surface area contributed by atoms with Crippen molar-refractivity contribution < 1.29 is 4.79 Å². The molecule has 0 radical (unpaired) electrons. The fraction of sp³-hybridized carbons (Fsp3) is 0.440. The molecule has 2 aliphatic rings. The largest absolute Gasteiger partial charge is 0.368 e. The first-order valence-corrected chi connectivity index (χ1v) is 11.5. The average molecular weight is 431 g/mol. The highest BCUT2D eigenvalue weighted by Gasteiger charge is 2.49. The number of nitrogens with one attached hydrogen (secondary N) is 1. The van der Waals surface area contributed by atoms with Crippen molar-refractivity contribution in [2.75, 3.05) is 18.4 Å². The second-order valence-corrected chi connectivity index (χ2v) is 9.23. The van der Waals surface area contributed by atoms with Gasteiger partial charge in [0.2, 0.25) is 0 Å². The van der Waals surface area contributed by atoms with E-state index < -0.39 is 0 Å². The quantitative estimate of drug-likeness (QED) is 0.639. The zero-order valence-corrected chi connectivity index (χ0v) is 18.8. The first kappa shape index (κ1) is 20.7. The molecular weight excluding hydrogens is 400 g/mol. The van der Waals surface area contributed by atoms with Crippen molar-refractivity contribution in [3.05, 3.63) is 65.6 Å². The molecule has 1 aliphatic carbocycles. The highest BCUT2D eigenvalue weighted by molar-refractivity contribution is 5.98. The molecule has 7 nitrogen and oxygen atoms in total. The number of aromatic nitrogens is 4. The van der Waals surface area contributed by atoms with Gasteiger partial charge in [-0.25, -0.2) is 4.98 Å². The third-order valence-electron chi connectivity index (χ3n) is 6.98. The predicted molar refractivity (Wildman–Crippen MR) is 124 cm³/mol. The molecule has 1 amide bonds. The third-order valence-corrected chi connectivity index (χ3v) is 6.98. The number of nitrogens with zero attached hydrogens (tertiary/aromatic N) is 5. The van der Waals surface area contributed by atoms with Crippen LogP contribution >= 0.6 is 0 Å². The Morgan fingerprint density at radius 3 is 2.66 bits per heavy atom. The molecule has 1 spiro atoms. The lowest BCUT2D eigenvalue weighted by Gasteiger charge is -2.40. The standard InChI is InChI=1S/C25H30N6O/c1-3-19-5-7-23(26-16-19)27-17-20-15-25(8-9-25)10-13-30(20)24(32)21-14-18(2)4-6-22(21)31-28-11-12-29-31/h4-7,11-12,14,16,20H,3,8-10,13,15,17H2,1-2H3,(H,26,27). The summed E-state index contributed by atoms with van der Waals surface area (Å²) in [4.78, 5) is 21.9. The molecule has 166 valence electrons. The first-order valence-electron chi connectivity index (χ1n) is 11.5. The van der Waals surface area contributed by atoms with E-state index in [1.807, 2.05) is 37.4 Å². The Kier molecular flexibility index (Phi) is 5.41. The van der Waals surface area contributed by atoms with Crippen molar-refractivity contribution in [3.8, 4) is 5.69 Å². The van der Waals surface area contributed by atoms with E-state index in [-0.39, 0.29) is 11.9 Å². The molecule has 1 unspecified atom stereocenters. The number of amides is 1. The number of carbonyl (C=O) groups excluding carboxylic acids is 1. The van der Waals surface area contributed by atoms with E-state index >= 15 is 0 Å². The number of piperidine rings is 1. The second kappa shape index (κ2) is 8.37. The smallest absolute Gasteiger partial charge is 0.256 e. The molecule has 1 atom stereocenters. The van der Waals surface area contributed by atoms with Gasteiger partial charge in [0.25, 0.3) is 5.91 Å². The molecule has 2 aromatic heterocycles. The molecule has 1 saturated carbocycles. The van der Waals surface area contributed by atoms with Crippen LogP contribution in [-0.2, 0) is 6.42 Å². The number of benzene rings is 1. The number of hydrogen-bond acceptors (Lipinski definition) is 5. The molecule has 3 heterocycles. The SMILES string of the molecule is CCc1ccc(NCC2CC3(CCN2C(=O)c2cc(C)ccc2-n2nccn2)CC3)nc1. The molecule has 1 aromatic carbocycles. The van der Waals surface area contributed by atoms with Crippen molar-refractivity contribution in [2.45, 2.75) is 52.0 Å². The van der Waals surface area contributed by atoms with Crippen LogP contribution in [0.5, 0.6) is 0 Å². The number of aryl methyl sites for hydroxylation is 2. The maximum Gasteiger partial charge on any atom is 0.256 e. The van der Waals surface area contributed by atoms with E-state index in [2.05, 4.69) is 38.4 Å². The lowest BCUT2D eigenvalue weighted by atomic mass is 9.87. The van der Waals surface area contributed by atoms with E-state index in [1.54, 1.807) is 12.4 Å². The number of likely N-dealkylation sites (tertiary alicyclic amines) is 1. The molecule has 1 saturated heterocycles. The predicted octanol–water partition coefficient (Wildman–Crippen LogP) is 4.03. The van der Waals surface area contributed by atoms with Gasteiger partial charge in [-0.05, 0) is 68.2 Å². The number of pyridine rings is 1. The zero-order valence-electron chi connectivity index (χ0n) is 18.8. The maximum atomic E-state index is 13.8. The molecule has 7 heteroatoms. The average Bonchev–Trinajstić information content (AvgIpc) is 3.33. The first-order chi connectivity index (χ1) is 15.6. The summed E-state index contributed by atoms with van der Waals surface area (Å²) in [7, 11) is 0. The monoisotopic (exact) mass is 430 g/mol. The summed E-state index contributed by atoms with van der Waals surface area (Å²) in [5.41, 5.74) is 4.09. The Hall–Kier alpha value is -3.22. The minimum atomic E-state index is 0.0533. The van der Waals surface area contributed by atoms with Crippen LogP contribution in [0.1, 0.15) is 54.1 Å².